The Balaban J connectivity index is 2.84. The van der Waals surface area contributed by atoms with Crippen LogP contribution in [0.4, 0.5) is 0 Å². The Labute approximate surface area is 130 Å². The van der Waals surface area contributed by atoms with Gasteiger partial charge in [-0.05, 0) is 17.7 Å². The second-order valence-corrected chi connectivity index (χ2v) is 5.41. The van der Waals surface area contributed by atoms with Gasteiger partial charge in [0, 0.05) is 11.0 Å². The number of hydrogen-bond acceptors (Lipinski definition) is 4. The van der Waals surface area contributed by atoms with E-state index in [1.165, 1.54) is 0 Å². The molecule has 1 aromatic rings. The number of nitrogens with two attached hydrogens (primary N) is 2. The van der Waals surface area contributed by atoms with Gasteiger partial charge in [0.2, 0.25) is 11.8 Å². The molecule has 0 aromatic heterocycles. The van der Waals surface area contributed by atoms with Crippen LogP contribution >= 0.6 is 15.9 Å². The summed E-state index contributed by atoms with van der Waals surface area (Å²) in [6.45, 7) is -0.190. The fourth-order valence-corrected chi connectivity index (χ4v) is 1.98. The number of carbonyl (C=O) groups excluding carboxylic acids is 2. The molecule has 21 heavy (non-hydrogen) atoms. The number of halogens is 1. The first kappa shape index (κ1) is 17.1. The van der Waals surface area contributed by atoms with E-state index in [1.54, 1.807) is 24.3 Å². The third-order valence-electron chi connectivity index (χ3n) is 2.66. The van der Waals surface area contributed by atoms with Gasteiger partial charge in [-0.3, -0.25) is 14.4 Å². The van der Waals surface area contributed by atoms with Gasteiger partial charge in [-0.1, -0.05) is 28.1 Å². The summed E-state index contributed by atoms with van der Waals surface area (Å²) in [5.74, 6) is -2.50. The minimum atomic E-state index is -1.21. The van der Waals surface area contributed by atoms with Gasteiger partial charge in [0.25, 0.3) is 0 Å². The van der Waals surface area contributed by atoms with E-state index in [0.29, 0.717) is 0 Å². The van der Waals surface area contributed by atoms with Crippen molar-refractivity contribution >= 4 is 33.7 Å². The SMILES string of the molecule is NC(=O)CN(Cc1ccc(Br)cc1)C(=O)C(N)CC(=O)O. The highest BCUT2D eigenvalue weighted by molar-refractivity contribution is 9.10. The molecule has 0 radical (unpaired) electrons. The summed E-state index contributed by atoms with van der Waals surface area (Å²) < 4.78 is 0.876. The van der Waals surface area contributed by atoms with Gasteiger partial charge in [-0.25, -0.2) is 0 Å². The second-order valence-electron chi connectivity index (χ2n) is 4.49. The summed E-state index contributed by atoms with van der Waals surface area (Å²) in [6.07, 6.45) is -0.506. The Morgan fingerprint density at radius 1 is 1.24 bits per heavy atom. The number of amides is 2. The summed E-state index contributed by atoms with van der Waals surface area (Å²) in [4.78, 5) is 34.9. The van der Waals surface area contributed by atoms with Crippen LogP contribution in [-0.2, 0) is 20.9 Å². The lowest BCUT2D eigenvalue weighted by Gasteiger charge is -2.24. The molecule has 8 heteroatoms. The standard InChI is InChI=1S/C13H16BrN3O4/c14-9-3-1-8(2-4-9)6-17(7-11(16)18)13(21)10(15)5-12(19)20/h1-4,10H,5-7,15H2,(H2,16,18)(H,19,20). The molecule has 1 rings (SSSR count). The van der Waals surface area contributed by atoms with Crippen molar-refractivity contribution in [3.8, 4) is 0 Å². The van der Waals surface area contributed by atoms with Gasteiger partial charge < -0.3 is 21.5 Å². The molecule has 7 nitrogen and oxygen atoms in total. The molecular weight excluding hydrogens is 342 g/mol. The number of primary amides is 1. The van der Waals surface area contributed by atoms with E-state index < -0.39 is 30.2 Å². The highest BCUT2D eigenvalue weighted by Gasteiger charge is 2.24. The van der Waals surface area contributed by atoms with Crippen molar-refractivity contribution in [2.75, 3.05) is 6.54 Å². The maximum absolute atomic E-state index is 12.1. The number of carbonyl (C=O) groups is 3. The zero-order valence-corrected chi connectivity index (χ0v) is 12.7. The highest BCUT2D eigenvalue weighted by atomic mass is 79.9. The molecule has 0 bridgehead atoms. The summed E-state index contributed by atoms with van der Waals surface area (Å²) >= 11 is 3.29. The second kappa shape index (κ2) is 7.75. The first-order valence-corrected chi connectivity index (χ1v) is 6.87. The number of carboxylic acid groups (broad SMARTS) is 1. The van der Waals surface area contributed by atoms with Crippen LogP contribution in [0.2, 0.25) is 0 Å². The Morgan fingerprint density at radius 2 is 1.81 bits per heavy atom. The summed E-state index contributed by atoms with van der Waals surface area (Å²) in [6, 6.07) is 5.92. The van der Waals surface area contributed by atoms with Gasteiger partial charge in [0.05, 0.1) is 19.0 Å². The minimum absolute atomic E-state index is 0.127. The van der Waals surface area contributed by atoms with Crippen molar-refractivity contribution in [3.63, 3.8) is 0 Å². The van der Waals surface area contributed by atoms with Crippen LogP contribution in [0.1, 0.15) is 12.0 Å². The topological polar surface area (TPSA) is 127 Å². The molecule has 0 saturated carbocycles. The van der Waals surface area contributed by atoms with Gasteiger partial charge in [0.15, 0.2) is 0 Å². The number of aliphatic carboxylic acids is 1. The van der Waals surface area contributed by atoms with E-state index in [2.05, 4.69) is 15.9 Å². The van der Waals surface area contributed by atoms with E-state index >= 15 is 0 Å². The number of carboxylic acids is 1. The number of rotatable bonds is 7. The predicted octanol–water partition coefficient (Wildman–Crippen LogP) is 0.0650. The Kier molecular flexibility index (Phi) is 6.32. The van der Waals surface area contributed by atoms with E-state index in [1.807, 2.05) is 0 Å². The van der Waals surface area contributed by atoms with Crippen LogP contribution in [-0.4, -0.2) is 40.4 Å². The minimum Gasteiger partial charge on any atom is -0.481 e. The fraction of sp³-hybridized carbons (Fsp3) is 0.308. The zero-order valence-electron chi connectivity index (χ0n) is 11.2. The summed E-state index contributed by atoms with van der Waals surface area (Å²) in [5.41, 5.74) is 11.4. The molecule has 2 amide bonds. The lowest BCUT2D eigenvalue weighted by Crippen LogP contribution is -2.47. The first-order valence-electron chi connectivity index (χ1n) is 6.08. The van der Waals surface area contributed by atoms with Crippen LogP contribution < -0.4 is 11.5 Å². The molecule has 114 valence electrons. The van der Waals surface area contributed by atoms with Crippen molar-refractivity contribution in [2.45, 2.75) is 19.0 Å². The normalized spacial score (nSPS) is 11.7. The average Bonchev–Trinajstić information content (AvgIpc) is 2.38. The van der Waals surface area contributed by atoms with Crippen molar-refractivity contribution in [2.24, 2.45) is 11.5 Å². The lowest BCUT2D eigenvalue weighted by molar-refractivity contribution is -0.143. The third kappa shape index (κ3) is 5.92. The van der Waals surface area contributed by atoms with E-state index in [9.17, 15) is 14.4 Å². The van der Waals surface area contributed by atoms with Crippen LogP contribution in [0.25, 0.3) is 0 Å². The van der Waals surface area contributed by atoms with E-state index in [-0.39, 0.29) is 13.1 Å². The summed E-state index contributed by atoms with van der Waals surface area (Å²) in [5, 5.41) is 8.67. The molecule has 0 aliphatic carbocycles. The van der Waals surface area contributed by atoms with Crippen LogP contribution in [0.3, 0.4) is 0 Å². The van der Waals surface area contributed by atoms with Crippen LogP contribution in [0, 0.1) is 0 Å². The molecule has 0 saturated heterocycles. The van der Waals surface area contributed by atoms with Gasteiger partial charge in [-0.15, -0.1) is 0 Å². The molecule has 5 N–H and O–H groups in total. The van der Waals surface area contributed by atoms with Crippen molar-refractivity contribution in [1.29, 1.82) is 0 Å². The molecule has 0 aliphatic heterocycles. The molecule has 0 spiro atoms. The summed E-state index contributed by atoms with van der Waals surface area (Å²) in [7, 11) is 0. The molecule has 1 unspecified atom stereocenters. The Bertz CT molecular complexity index is 533. The maximum atomic E-state index is 12.1. The van der Waals surface area contributed by atoms with Crippen LogP contribution in [0.5, 0.6) is 0 Å². The highest BCUT2D eigenvalue weighted by Crippen LogP contribution is 2.13. The van der Waals surface area contributed by atoms with E-state index in [0.717, 1.165) is 14.9 Å². The zero-order chi connectivity index (χ0) is 16.0. The maximum Gasteiger partial charge on any atom is 0.305 e. The smallest absolute Gasteiger partial charge is 0.305 e. The van der Waals surface area contributed by atoms with Gasteiger partial charge in [0.1, 0.15) is 0 Å². The average molecular weight is 358 g/mol. The van der Waals surface area contributed by atoms with Crippen molar-refractivity contribution < 1.29 is 19.5 Å². The molecule has 1 aromatic carbocycles. The molecule has 0 fully saturated rings. The Hall–Kier alpha value is -1.93. The van der Waals surface area contributed by atoms with E-state index in [4.69, 9.17) is 16.6 Å². The number of hydrogen-bond donors (Lipinski definition) is 3. The van der Waals surface area contributed by atoms with Crippen molar-refractivity contribution in [1.82, 2.24) is 4.90 Å². The third-order valence-corrected chi connectivity index (χ3v) is 3.19. The monoisotopic (exact) mass is 357 g/mol. The number of nitrogens with zero attached hydrogens (tertiary/aromatic N) is 1. The quantitative estimate of drug-likeness (QED) is 0.636. The fourth-order valence-electron chi connectivity index (χ4n) is 1.72. The first-order chi connectivity index (χ1) is 9.79. The molecule has 0 aliphatic rings. The predicted molar refractivity (Wildman–Crippen MR) is 79.0 cm³/mol. The Morgan fingerprint density at radius 3 is 2.29 bits per heavy atom. The van der Waals surface area contributed by atoms with Gasteiger partial charge >= 0.3 is 5.97 Å². The van der Waals surface area contributed by atoms with Crippen molar-refractivity contribution in [3.05, 3.63) is 34.3 Å². The molecular formula is C13H16BrN3O4. The largest absolute Gasteiger partial charge is 0.481 e. The van der Waals surface area contributed by atoms with Gasteiger partial charge in [-0.2, -0.15) is 0 Å². The molecule has 0 heterocycles. The molecule has 1 atom stereocenters. The van der Waals surface area contributed by atoms with Crippen LogP contribution in [0.15, 0.2) is 28.7 Å². The lowest BCUT2D eigenvalue weighted by atomic mass is 10.1. The number of benzene rings is 1.